The molecular weight excluding hydrogens is 475 g/mol. The van der Waals surface area contributed by atoms with Crippen LogP contribution in [0.3, 0.4) is 0 Å². The first kappa shape index (κ1) is 27.7. The molecule has 1 saturated carbocycles. The fourth-order valence-corrected chi connectivity index (χ4v) is 7.42. The summed E-state index contributed by atoms with van der Waals surface area (Å²) in [6.45, 7) is 5.56. The van der Waals surface area contributed by atoms with Crippen molar-refractivity contribution in [2.75, 3.05) is 45.9 Å². The van der Waals surface area contributed by atoms with Crippen LogP contribution in [-0.2, 0) is 14.3 Å². The van der Waals surface area contributed by atoms with E-state index in [4.69, 9.17) is 20.9 Å². The minimum atomic E-state index is -0.901. The van der Waals surface area contributed by atoms with Gasteiger partial charge in [0.25, 0.3) is 0 Å². The number of carbonyl (C=O) groups excluding carboxylic acids is 1. The van der Waals surface area contributed by atoms with Crippen molar-refractivity contribution in [2.45, 2.75) is 107 Å². The maximum Gasteiger partial charge on any atom is 0.227 e. The predicted octanol–water partition coefficient (Wildman–Crippen LogP) is 0.613. The van der Waals surface area contributed by atoms with Crippen molar-refractivity contribution in [1.29, 1.82) is 0 Å². The molecule has 1 spiro atoms. The summed E-state index contributed by atoms with van der Waals surface area (Å²) >= 11 is 0. The van der Waals surface area contributed by atoms with Crippen LogP contribution in [0.25, 0.3) is 0 Å². The number of amides is 1. The lowest BCUT2D eigenvalue weighted by Crippen LogP contribution is -2.62. The average Bonchev–Trinajstić information content (AvgIpc) is 3.30. The Bertz CT molecular complexity index is 742. The minimum Gasteiger partial charge on any atom is -0.378 e. The molecular formula is C27H49FN6O3. The second kappa shape index (κ2) is 12.5. The molecule has 1 amide bonds. The summed E-state index contributed by atoms with van der Waals surface area (Å²) in [6, 6.07) is 0.207. The van der Waals surface area contributed by atoms with E-state index >= 15 is 0 Å². The number of alkyl halides is 1. The highest BCUT2D eigenvalue weighted by Gasteiger charge is 2.43. The number of halogens is 1. The van der Waals surface area contributed by atoms with Gasteiger partial charge in [-0.1, -0.05) is 12.8 Å². The van der Waals surface area contributed by atoms with Crippen molar-refractivity contribution in [3.63, 3.8) is 0 Å². The molecule has 5 rings (SSSR count). The molecule has 5 unspecified atom stereocenters. The van der Waals surface area contributed by atoms with Crippen molar-refractivity contribution in [2.24, 2.45) is 22.8 Å². The Morgan fingerprint density at radius 2 is 1.84 bits per heavy atom. The molecule has 5 atom stereocenters. The Morgan fingerprint density at radius 1 is 1.08 bits per heavy atom. The van der Waals surface area contributed by atoms with E-state index in [1.807, 2.05) is 0 Å². The third kappa shape index (κ3) is 6.83. The van der Waals surface area contributed by atoms with Gasteiger partial charge < -0.3 is 36.9 Å². The maximum absolute atomic E-state index is 14.6. The minimum absolute atomic E-state index is 0.0369. The molecule has 0 aromatic rings. The van der Waals surface area contributed by atoms with Crippen molar-refractivity contribution < 1.29 is 18.7 Å². The van der Waals surface area contributed by atoms with Crippen LogP contribution in [0, 0.1) is 11.3 Å². The standard InChI is InChI=1S/C27H49FN6O3/c28-18-3-9-27(7-1-2-8-27)13-21(32-14-18)24(25(29)30)26(35)33-22-15-31-10-4-23(22)37-20-5-11-34(12-6-20)19-16-36-17-19/h18-25,31-32H,1-17,29-30H2,(H,33,35). The number of hydrogen-bond acceptors (Lipinski definition) is 8. The van der Waals surface area contributed by atoms with Gasteiger partial charge in [-0.15, -0.1) is 0 Å². The molecule has 4 saturated heterocycles. The van der Waals surface area contributed by atoms with Crippen LogP contribution < -0.4 is 27.4 Å². The molecule has 4 heterocycles. The molecule has 1 aliphatic carbocycles. The third-order valence-electron chi connectivity index (χ3n) is 9.78. The Morgan fingerprint density at radius 3 is 2.51 bits per heavy atom. The molecule has 37 heavy (non-hydrogen) atoms. The van der Waals surface area contributed by atoms with Crippen molar-refractivity contribution in [1.82, 2.24) is 20.9 Å². The van der Waals surface area contributed by atoms with Gasteiger partial charge in [0, 0.05) is 32.2 Å². The van der Waals surface area contributed by atoms with Crippen LogP contribution in [-0.4, -0.2) is 99.4 Å². The van der Waals surface area contributed by atoms with Crippen LogP contribution in [0.15, 0.2) is 0 Å². The molecule has 0 bridgehead atoms. The average molecular weight is 525 g/mol. The van der Waals surface area contributed by atoms with Crippen molar-refractivity contribution >= 4 is 5.91 Å². The lowest BCUT2D eigenvalue weighted by atomic mass is 9.72. The zero-order valence-electron chi connectivity index (χ0n) is 22.3. The van der Waals surface area contributed by atoms with Gasteiger partial charge in [0.2, 0.25) is 5.91 Å². The molecule has 10 heteroatoms. The normalized spacial score (nSPS) is 35.1. The Balaban J connectivity index is 1.20. The summed E-state index contributed by atoms with van der Waals surface area (Å²) < 4.78 is 26.5. The molecule has 0 radical (unpaired) electrons. The Hall–Kier alpha value is -0.880. The van der Waals surface area contributed by atoms with Crippen LogP contribution in [0.2, 0.25) is 0 Å². The van der Waals surface area contributed by atoms with Crippen LogP contribution in [0.5, 0.6) is 0 Å². The lowest BCUT2D eigenvalue weighted by molar-refractivity contribution is -0.132. The first-order valence-electron chi connectivity index (χ1n) is 14.8. The van der Waals surface area contributed by atoms with Gasteiger partial charge in [-0.25, -0.2) is 4.39 Å². The maximum atomic E-state index is 14.6. The fourth-order valence-electron chi connectivity index (χ4n) is 7.42. The summed E-state index contributed by atoms with van der Waals surface area (Å²) in [4.78, 5) is 16.2. The van der Waals surface area contributed by atoms with E-state index in [-0.39, 0.29) is 42.2 Å². The van der Waals surface area contributed by atoms with Gasteiger partial charge in [0.05, 0.1) is 49.6 Å². The van der Waals surface area contributed by atoms with E-state index in [9.17, 15) is 9.18 Å². The largest absolute Gasteiger partial charge is 0.378 e. The highest BCUT2D eigenvalue weighted by molar-refractivity contribution is 5.80. The third-order valence-corrected chi connectivity index (χ3v) is 9.78. The number of carbonyl (C=O) groups is 1. The number of ether oxygens (including phenoxy) is 2. The fraction of sp³-hybridized carbons (Fsp3) is 0.963. The van der Waals surface area contributed by atoms with E-state index in [0.717, 1.165) is 77.8 Å². The molecule has 7 N–H and O–H groups in total. The number of likely N-dealkylation sites (tertiary alicyclic amines) is 1. The van der Waals surface area contributed by atoms with Crippen LogP contribution in [0.4, 0.5) is 4.39 Å². The number of rotatable bonds is 7. The quantitative estimate of drug-likeness (QED) is 0.307. The summed E-state index contributed by atoms with van der Waals surface area (Å²) in [5.41, 5.74) is 12.6. The van der Waals surface area contributed by atoms with Gasteiger partial charge in [0.1, 0.15) is 6.17 Å². The van der Waals surface area contributed by atoms with Gasteiger partial charge >= 0.3 is 0 Å². The van der Waals surface area contributed by atoms with E-state index in [1.54, 1.807) is 0 Å². The topological polar surface area (TPSA) is 127 Å². The Kier molecular flexibility index (Phi) is 9.37. The van der Waals surface area contributed by atoms with Crippen LogP contribution in [0.1, 0.15) is 64.2 Å². The number of nitrogens with zero attached hydrogens (tertiary/aromatic N) is 1. The predicted molar refractivity (Wildman–Crippen MR) is 141 cm³/mol. The van der Waals surface area contributed by atoms with Gasteiger partial charge in [-0.05, 0) is 63.3 Å². The molecule has 0 aromatic heterocycles. The summed E-state index contributed by atoms with van der Waals surface area (Å²) in [5.74, 6) is -0.753. The molecule has 4 aliphatic heterocycles. The zero-order chi connectivity index (χ0) is 25.8. The molecule has 0 aromatic carbocycles. The van der Waals surface area contributed by atoms with Gasteiger partial charge in [-0.3, -0.25) is 9.69 Å². The van der Waals surface area contributed by atoms with Gasteiger partial charge in [-0.2, -0.15) is 0 Å². The van der Waals surface area contributed by atoms with E-state index in [1.165, 1.54) is 12.8 Å². The molecule has 5 fully saturated rings. The first-order chi connectivity index (χ1) is 17.9. The smallest absolute Gasteiger partial charge is 0.227 e. The van der Waals surface area contributed by atoms with Gasteiger partial charge in [0.15, 0.2) is 0 Å². The van der Waals surface area contributed by atoms with E-state index in [2.05, 4.69) is 20.9 Å². The second-order valence-electron chi connectivity index (χ2n) is 12.4. The summed E-state index contributed by atoms with van der Waals surface area (Å²) in [7, 11) is 0. The van der Waals surface area contributed by atoms with Crippen molar-refractivity contribution in [3.8, 4) is 0 Å². The van der Waals surface area contributed by atoms with Crippen LogP contribution >= 0.6 is 0 Å². The SMILES string of the molecule is NC(N)C(C(=O)NC1CNCCC1OC1CCN(C2COC2)CC1)C1CC2(CCCC2)CCC(F)CN1. The molecule has 212 valence electrons. The zero-order valence-corrected chi connectivity index (χ0v) is 22.3. The monoisotopic (exact) mass is 524 g/mol. The summed E-state index contributed by atoms with van der Waals surface area (Å²) in [5, 5.41) is 10.0. The highest BCUT2D eigenvalue weighted by Crippen LogP contribution is 2.47. The molecule has 9 nitrogen and oxygen atoms in total. The highest BCUT2D eigenvalue weighted by atomic mass is 19.1. The number of hydrogen-bond donors (Lipinski definition) is 5. The van der Waals surface area contributed by atoms with E-state index in [0.29, 0.717) is 19.0 Å². The first-order valence-corrected chi connectivity index (χ1v) is 14.8. The van der Waals surface area contributed by atoms with E-state index < -0.39 is 18.3 Å². The number of piperidine rings is 2. The molecule has 5 aliphatic rings. The second-order valence-corrected chi connectivity index (χ2v) is 12.4. The van der Waals surface area contributed by atoms with Crippen molar-refractivity contribution in [3.05, 3.63) is 0 Å². The summed E-state index contributed by atoms with van der Waals surface area (Å²) in [6.07, 6.45) is 8.18. The number of nitrogens with two attached hydrogens (primary N) is 2. The number of nitrogens with one attached hydrogen (secondary N) is 3. The Labute approximate surface area is 221 Å². The lowest BCUT2D eigenvalue weighted by Gasteiger charge is -2.43.